The van der Waals surface area contributed by atoms with E-state index in [0.717, 1.165) is 42.6 Å². The number of nitrogens with zero attached hydrogens (tertiary/aromatic N) is 1. The van der Waals surface area contributed by atoms with E-state index in [-0.39, 0.29) is 18.7 Å². The minimum atomic E-state index is -0.918. The van der Waals surface area contributed by atoms with Crippen LogP contribution in [-0.2, 0) is 16.0 Å². The van der Waals surface area contributed by atoms with Crippen molar-refractivity contribution >= 4 is 23.6 Å². The van der Waals surface area contributed by atoms with Crippen LogP contribution < -0.4 is 5.32 Å². The molecule has 4 amide bonds. The van der Waals surface area contributed by atoms with Gasteiger partial charge in [-0.15, -0.1) is 0 Å². The van der Waals surface area contributed by atoms with Crippen molar-refractivity contribution in [3.63, 3.8) is 0 Å². The highest BCUT2D eigenvalue weighted by atomic mass is 16.3. The lowest BCUT2D eigenvalue weighted by Gasteiger charge is -2.27. The summed E-state index contributed by atoms with van der Waals surface area (Å²) in [5, 5.41) is 11.0. The van der Waals surface area contributed by atoms with Crippen LogP contribution in [0.25, 0.3) is 0 Å². The Balaban J connectivity index is 1.42. The summed E-state index contributed by atoms with van der Waals surface area (Å²) in [7, 11) is 0. The summed E-state index contributed by atoms with van der Waals surface area (Å²) in [4.78, 5) is 50.1. The first-order valence-corrected chi connectivity index (χ1v) is 12.0. The van der Waals surface area contributed by atoms with Gasteiger partial charge in [-0.25, -0.2) is 0 Å². The standard InChI is InChI=1S/C25H34N2O5/c28-16-10-8-6-4-2-1-3-5-7-9-11-18-12-13-19-20(17-18)25(32)27(24(19)31)21-14-15-22(29)26-23(21)30/h12-13,17,21,28H,1-11,14-16H2,(H,26,29,30). The number of fused-ring (bicyclic) bond motifs is 1. The number of unbranched alkanes of at least 4 members (excludes halogenated alkanes) is 9. The summed E-state index contributed by atoms with van der Waals surface area (Å²) < 4.78 is 0. The number of aliphatic hydroxyl groups excluding tert-OH is 1. The third kappa shape index (κ3) is 6.03. The fraction of sp³-hybridized carbons (Fsp3) is 0.600. The van der Waals surface area contributed by atoms with Crippen molar-refractivity contribution in [2.24, 2.45) is 0 Å². The number of amides is 4. The van der Waals surface area contributed by atoms with Crippen LogP contribution in [0.2, 0.25) is 0 Å². The quantitative estimate of drug-likeness (QED) is 0.359. The van der Waals surface area contributed by atoms with Gasteiger partial charge >= 0.3 is 0 Å². The predicted molar refractivity (Wildman–Crippen MR) is 120 cm³/mol. The Kier molecular flexibility index (Phi) is 8.97. The summed E-state index contributed by atoms with van der Waals surface area (Å²) in [6.07, 6.45) is 12.8. The van der Waals surface area contributed by atoms with Crippen LogP contribution in [0.15, 0.2) is 18.2 Å². The summed E-state index contributed by atoms with van der Waals surface area (Å²) >= 11 is 0. The van der Waals surface area contributed by atoms with Crippen LogP contribution in [-0.4, -0.2) is 46.3 Å². The molecular weight excluding hydrogens is 408 g/mol. The lowest BCUT2D eigenvalue weighted by Crippen LogP contribution is -2.54. The van der Waals surface area contributed by atoms with Crippen molar-refractivity contribution < 1.29 is 24.3 Å². The van der Waals surface area contributed by atoms with Gasteiger partial charge in [-0.05, 0) is 43.4 Å². The number of hydrogen-bond donors (Lipinski definition) is 2. The first kappa shape index (κ1) is 24.1. The zero-order valence-electron chi connectivity index (χ0n) is 18.7. The van der Waals surface area contributed by atoms with E-state index in [2.05, 4.69) is 5.32 Å². The molecule has 2 aliphatic heterocycles. The van der Waals surface area contributed by atoms with Gasteiger partial charge in [0.15, 0.2) is 0 Å². The fourth-order valence-electron chi connectivity index (χ4n) is 4.53. The van der Waals surface area contributed by atoms with Gasteiger partial charge in [-0.3, -0.25) is 29.4 Å². The second kappa shape index (κ2) is 11.9. The van der Waals surface area contributed by atoms with Gasteiger partial charge < -0.3 is 5.11 Å². The Morgan fingerprint density at radius 3 is 2.03 bits per heavy atom. The first-order chi connectivity index (χ1) is 15.5. The van der Waals surface area contributed by atoms with Gasteiger partial charge in [-0.2, -0.15) is 0 Å². The maximum Gasteiger partial charge on any atom is 0.262 e. The summed E-state index contributed by atoms with van der Waals surface area (Å²) in [5.74, 6) is -1.85. The van der Waals surface area contributed by atoms with E-state index in [1.54, 1.807) is 12.1 Å². The summed E-state index contributed by atoms with van der Waals surface area (Å²) in [6.45, 7) is 0.298. The van der Waals surface area contributed by atoms with E-state index >= 15 is 0 Å². The van der Waals surface area contributed by atoms with Crippen LogP contribution in [0.5, 0.6) is 0 Å². The molecule has 0 saturated carbocycles. The molecule has 32 heavy (non-hydrogen) atoms. The maximum atomic E-state index is 12.9. The third-order valence-electron chi connectivity index (χ3n) is 6.38. The molecule has 2 aliphatic rings. The molecule has 174 valence electrons. The topological polar surface area (TPSA) is 104 Å². The lowest BCUT2D eigenvalue weighted by atomic mass is 10.0. The molecule has 1 aromatic rings. The number of aliphatic hydroxyl groups is 1. The molecule has 1 aromatic carbocycles. The number of hydrogen-bond acceptors (Lipinski definition) is 5. The van der Waals surface area contributed by atoms with Crippen LogP contribution in [0, 0.1) is 0 Å². The van der Waals surface area contributed by atoms with Crippen molar-refractivity contribution in [1.82, 2.24) is 10.2 Å². The maximum absolute atomic E-state index is 12.9. The second-order valence-electron chi connectivity index (χ2n) is 8.84. The molecule has 7 nitrogen and oxygen atoms in total. The molecule has 3 rings (SSSR count). The van der Waals surface area contributed by atoms with Gasteiger partial charge in [0.05, 0.1) is 11.1 Å². The molecule has 2 N–H and O–H groups in total. The molecular formula is C25H34N2O5. The Morgan fingerprint density at radius 2 is 1.41 bits per heavy atom. The molecule has 1 fully saturated rings. The van der Waals surface area contributed by atoms with Gasteiger partial charge in [0.2, 0.25) is 11.8 Å². The number of nitrogens with one attached hydrogen (secondary N) is 1. The largest absolute Gasteiger partial charge is 0.396 e. The highest BCUT2D eigenvalue weighted by molar-refractivity contribution is 6.23. The molecule has 0 bridgehead atoms. The molecule has 0 aromatic heterocycles. The molecule has 1 atom stereocenters. The minimum Gasteiger partial charge on any atom is -0.396 e. The normalized spacial score (nSPS) is 18.3. The molecule has 1 saturated heterocycles. The number of aryl methyl sites for hydroxylation is 1. The monoisotopic (exact) mass is 442 g/mol. The van der Waals surface area contributed by atoms with Crippen LogP contribution in [0.4, 0.5) is 0 Å². The Labute approximate surface area is 189 Å². The van der Waals surface area contributed by atoms with Gasteiger partial charge in [-0.1, -0.05) is 57.4 Å². The minimum absolute atomic E-state index is 0.124. The molecule has 1 unspecified atom stereocenters. The van der Waals surface area contributed by atoms with E-state index in [1.165, 1.54) is 38.5 Å². The molecule has 2 heterocycles. The highest BCUT2D eigenvalue weighted by Crippen LogP contribution is 2.28. The number of carbonyl (C=O) groups excluding carboxylic acids is 4. The number of rotatable bonds is 13. The zero-order chi connectivity index (χ0) is 22.9. The number of imide groups is 2. The number of piperidine rings is 1. The van der Waals surface area contributed by atoms with E-state index in [1.807, 2.05) is 6.07 Å². The Hall–Kier alpha value is -2.54. The third-order valence-corrected chi connectivity index (χ3v) is 6.38. The molecule has 0 aliphatic carbocycles. The smallest absolute Gasteiger partial charge is 0.262 e. The summed E-state index contributed by atoms with van der Waals surface area (Å²) in [5.41, 5.74) is 1.72. The van der Waals surface area contributed by atoms with E-state index in [0.29, 0.717) is 17.7 Å². The predicted octanol–water partition coefficient (Wildman–Crippen LogP) is 3.52. The second-order valence-corrected chi connectivity index (χ2v) is 8.84. The highest BCUT2D eigenvalue weighted by Gasteiger charge is 2.44. The molecule has 7 heteroatoms. The van der Waals surface area contributed by atoms with Crippen LogP contribution in [0.3, 0.4) is 0 Å². The van der Waals surface area contributed by atoms with Crippen LogP contribution in [0.1, 0.15) is 103 Å². The van der Waals surface area contributed by atoms with Gasteiger partial charge in [0, 0.05) is 13.0 Å². The van der Waals surface area contributed by atoms with Crippen molar-refractivity contribution in [3.8, 4) is 0 Å². The van der Waals surface area contributed by atoms with Gasteiger partial charge in [0.25, 0.3) is 11.8 Å². The first-order valence-electron chi connectivity index (χ1n) is 12.0. The van der Waals surface area contributed by atoms with Crippen LogP contribution >= 0.6 is 0 Å². The van der Waals surface area contributed by atoms with Gasteiger partial charge in [0.1, 0.15) is 6.04 Å². The average molecular weight is 443 g/mol. The summed E-state index contributed by atoms with van der Waals surface area (Å²) in [6, 6.07) is 4.45. The van der Waals surface area contributed by atoms with E-state index in [4.69, 9.17) is 5.11 Å². The Morgan fingerprint density at radius 1 is 0.812 bits per heavy atom. The number of benzene rings is 1. The zero-order valence-corrected chi connectivity index (χ0v) is 18.7. The average Bonchev–Trinajstić information content (AvgIpc) is 3.02. The fourth-order valence-corrected chi connectivity index (χ4v) is 4.53. The van der Waals surface area contributed by atoms with Crippen molar-refractivity contribution in [2.45, 2.75) is 89.5 Å². The SMILES string of the molecule is O=C1CCC(N2C(=O)c3ccc(CCCCCCCCCCCCO)cc3C2=O)C(=O)N1. The molecule has 0 radical (unpaired) electrons. The van der Waals surface area contributed by atoms with Crippen molar-refractivity contribution in [1.29, 1.82) is 0 Å². The lowest BCUT2D eigenvalue weighted by molar-refractivity contribution is -0.136. The Bertz CT molecular complexity index is 851. The molecule has 0 spiro atoms. The van der Waals surface area contributed by atoms with Crippen molar-refractivity contribution in [2.75, 3.05) is 6.61 Å². The number of carbonyl (C=O) groups is 4. The van der Waals surface area contributed by atoms with Crippen molar-refractivity contribution in [3.05, 3.63) is 34.9 Å². The van der Waals surface area contributed by atoms with E-state index < -0.39 is 23.8 Å². The van der Waals surface area contributed by atoms with E-state index in [9.17, 15) is 19.2 Å².